The van der Waals surface area contributed by atoms with Gasteiger partial charge in [0.25, 0.3) is 0 Å². The summed E-state index contributed by atoms with van der Waals surface area (Å²) in [6.45, 7) is 6.54. The molecule has 0 aliphatic rings. The molecule has 2 rings (SSSR count). The molecule has 2 aromatic rings. The number of aliphatic imine (C=N–C) groups is 1. The van der Waals surface area contributed by atoms with Gasteiger partial charge in [0.05, 0.1) is 10.7 Å². The Morgan fingerprint density at radius 2 is 1.96 bits per heavy atom. The zero-order valence-corrected chi connectivity index (χ0v) is 15.4. The van der Waals surface area contributed by atoms with E-state index in [4.69, 9.17) is 4.99 Å². The van der Waals surface area contributed by atoms with Gasteiger partial charge in [-0.15, -0.1) is 11.8 Å². The van der Waals surface area contributed by atoms with Gasteiger partial charge in [-0.1, -0.05) is 49.4 Å². The van der Waals surface area contributed by atoms with Crippen LogP contribution in [0.2, 0.25) is 0 Å². The Hall–Kier alpha value is -1.52. The fraction of sp³-hybridized carbons (Fsp3) is 0.263. The van der Waals surface area contributed by atoms with Gasteiger partial charge in [-0.2, -0.15) is 0 Å². The van der Waals surface area contributed by atoms with Crippen LogP contribution in [0.3, 0.4) is 0 Å². The molecule has 1 aromatic carbocycles. The van der Waals surface area contributed by atoms with E-state index in [0.29, 0.717) is 5.92 Å². The van der Waals surface area contributed by atoms with Gasteiger partial charge in [-0.3, -0.25) is 0 Å². The standard InChI is InChI=1S/C19H22N2S2/c1-15(2)14-23-19(21-17-9-7-16(3)8-10-17)11-13-22-18-6-4-5-12-20-18/h4-13,15H,14H2,1-3H3. The van der Waals surface area contributed by atoms with Crippen molar-refractivity contribution < 1.29 is 0 Å². The highest BCUT2D eigenvalue weighted by molar-refractivity contribution is 8.14. The zero-order chi connectivity index (χ0) is 16.5. The number of nitrogens with zero attached hydrogens (tertiary/aromatic N) is 2. The third-order valence-corrected chi connectivity index (χ3v) is 4.99. The van der Waals surface area contributed by atoms with Crippen molar-refractivity contribution in [1.82, 2.24) is 4.98 Å². The van der Waals surface area contributed by atoms with Crippen molar-refractivity contribution in [3.05, 3.63) is 65.7 Å². The maximum Gasteiger partial charge on any atom is 0.100 e. The number of thioether (sulfide) groups is 2. The highest BCUT2D eigenvalue weighted by Gasteiger charge is 2.01. The van der Waals surface area contributed by atoms with E-state index in [0.717, 1.165) is 21.5 Å². The highest BCUT2D eigenvalue weighted by Crippen LogP contribution is 2.21. The number of aryl methyl sites for hydroxylation is 1. The van der Waals surface area contributed by atoms with Crippen LogP contribution in [0.25, 0.3) is 0 Å². The van der Waals surface area contributed by atoms with Gasteiger partial charge >= 0.3 is 0 Å². The van der Waals surface area contributed by atoms with Crippen molar-refractivity contribution in [1.29, 1.82) is 0 Å². The Morgan fingerprint density at radius 3 is 2.61 bits per heavy atom. The summed E-state index contributed by atoms with van der Waals surface area (Å²) < 4.78 is 0. The minimum absolute atomic E-state index is 0.639. The molecular formula is C19H22N2S2. The van der Waals surface area contributed by atoms with Crippen LogP contribution in [0.5, 0.6) is 0 Å². The Balaban J connectivity index is 2.08. The topological polar surface area (TPSA) is 25.2 Å². The normalized spacial score (nSPS) is 12.3. The molecule has 0 amide bonds. The van der Waals surface area contributed by atoms with E-state index in [-0.39, 0.29) is 0 Å². The Morgan fingerprint density at radius 1 is 1.17 bits per heavy atom. The van der Waals surface area contributed by atoms with E-state index < -0.39 is 0 Å². The van der Waals surface area contributed by atoms with Crippen molar-refractivity contribution in [2.24, 2.45) is 10.9 Å². The van der Waals surface area contributed by atoms with Crippen molar-refractivity contribution in [2.75, 3.05) is 5.75 Å². The predicted molar refractivity (Wildman–Crippen MR) is 105 cm³/mol. The molecule has 0 atom stereocenters. The van der Waals surface area contributed by atoms with Crippen molar-refractivity contribution in [2.45, 2.75) is 25.8 Å². The molecule has 2 nitrogen and oxygen atoms in total. The molecule has 0 bridgehead atoms. The Labute approximate surface area is 147 Å². The molecule has 0 spiro atoms. The van der Waals surface area contributed by atoms with Crippen molar-refractivity contribution in [3.8, 4) is 0 Å². The molecule has 1 heterocycles. The third kappa shape index (κ3) is 7.06. The molecular weight excluding hydrogens is 320 g/mol. The summed E-state index contributed by atoms with van der Waals surface area (Å²) in [6, 6.07) is 14.2. The average molecular weight is 343 g/mol. The molecule has 0 saturated carbocycles. The van der Waals surface area contributed by atoms with Crippen molar-refractivity contribution >= 4 is 34.3 Å². The first-order valence-corrected chi connectivity index (χ1v) is 9.52. The minimum atomic E-state index is 0.639. The first-order chi connectivity index (χ1) is 11.1. The van der Waals surface area contributed by atoms with Gasteiger partial charge in [-0.05, 0) is 48.6 Å². The molecule has 0 fully saturated rings. The van der Waals surface area contributed by atoms with Crippen LogP contribution >= 0.6 is 23.5 Å². The summed E-state index contributed by atoms with van der Waals surface area (Å²) in [5, 5.41) is 4.08. The second-order valence-corrected chi connectivity index (χ2v) is 7.55. The molecule has 0 aliphatic heterocycles. The molecule has 1 aromatic heterocycles. The molecule has 0 saturated heterocycles. The number of hydrogen-bond donors (Lipinski definition) is 0. The van der Waals surface area contributed by atoms with Crippen molar-refractivity contribution in [3.63, 3.8) is 0 Å². The molecule has 4 heteroatoms. The monoisotopic (exact) mass is 342 g/mol. The third-order valence-electron chi connectivity index (χ3n) is 2.87. The minimum Gasteiger partial charge on any atom is -0.250 e. The zero-order valence-electron chi connectivity index (χ0n) is 13.8. The van der Waals surface area contributed by atoms with E-state index in [9.17, 15) is 0 Å². The summed E-state index contributed by atoms with van der Waals surface area (Å²) in [5.74, 6) is 1.70. The number of aromatic nitrogens is 1. The van der Waals surface area contributed by atoms with Gasteiger partial charge in [0.1, 0.15) is 5.03 Å². The summed E-state index contributed by atoms with van der Waals surface area (Å²) in [6.07, 6.45) is 3.89. The maximum absolute atomic E-state index is 4.76. The molecule has 0 aliphatic carbocycles. The lowest BCUT2D eigenvalue weighted by atomic mass is 10.2. The SMILES string of the molecule is Cc1ccc(N=C(C=CSc2ccccn2)SCC(C)C)cc1. The fourth-order valence-electron chi connectivity index (χ4n) is 1.69. The first-order valence-electron chi connectivity index (χ1n) is 7.66. The fourth-order valence-corrected chi connectivity index (χ4v) is 3.23. The lowest BCUT2D eigenvalue weighted by Crippen LogP contribution is -1.95. The number of hydrogen-bond acceptors (Lipinski definition) is 4. The molecule has 0 N–H and O–H groups in total. The van der Waals surface area contributed by atoms with Gasteiger partial charge in [0, 0.05) is 11.9 Å². The van der Waals surface area contributed by atoms with Crippen LogP contribution in [0.1, 0.15) is 19.4 Å². The van der Waals surface area contributed by atoms with Crippen LogP contribution in [0.15, 0.2) is 70.2 Å². The van der Waals surface area contributed by atoms with E-state index >= 15 is 0 Å². The number of benzene rings is 1. The van der Waals surface area contributed by atoms with Crippen LogP contribution < -0.4 is 0 Å². The molecule has 120 valence electrons. The number of rotatable bonds is 6. The Bertz CT molecular complexity index is 647. The number of pyridine rings is 1. The predicted octanol–water partition coefficient (Wildman–Crippen LogP) is 6.12. The van der Waals surface area contributed by atoms with Gasteiger partial charge in [0.2, 0.25) is 0 Å². The second kappa shape index (κ2) is 9.58. The molecule has 23 heavy (non-hydrogen) atoms. The summed E-state index contributed by atoms with van der Waals surface area (Å²) in [4.78, 5) is 9.07. The van der Waals surface area contributed by atoms with Crippen LogP contribution in [0, 0.1) is 12.8 Å². The summed E-state index contributed by atoms with van der Waals surface area (Å²) in [7, 11) is 0. The smallest absolute Gasteiger partial charge is 0.100 e. The lowest BCUT2D eigenvalue weighted by Gasteiger charge is -2.05. The molecule has 0 radical (unpaired) electrons. The van der Waals surface area contributed by atoms with Crippen LogP contribution in [-0.4, -0.2) is 15.8 Å². The summed E-state index contributed by atoms with van der Waals surface area (Å²) >= 11 is 3.40. The summed E-state index contributed by atoms with van der Waals surface area (Å²) in [5.41, 5.74) is 2.25. The average Bonchev–Trinajstić information content (AvgIpc) is 2.55. The first kappa shape index (κ1) is 17.8. The van der Waals surface area contributed by atoms with Crippen LogP contribution in [-0.2, 0) is 0 Å². The van der Waals surface area contributed by atoms with Gasteiger partial charge in [-0.25, -0.2) is 9.98 Å². The van der Waals surface area contributed by atoms with E-state index in [1.165, 1.54) is 5.56 Å². The van der Waals surface area contributed by atoms with E-state index in [1.807, 2.05) is 24.4 Å². The highest BCUT2D eigenvalue weighted by atomic mass is 32.2. The lowest BCUT2D eigenvalue weighted by molar-refractivity contribution is 0.752. The quantitative estimate of drug-likeness (QED) is 0.359. The maximum atomic E-state index is 4.76. The van der Waals surface area contributed by atoms with Crippen LogP contribution in [0.4, 0.5) is 5.69 Å². The second-order valence-electron chi connectivity index (χ2n) is 5.58. The largest absolute Gasteiger partial charge is 0.250 e. The van der Waals surface area contributed by atoms with Gasteiger partial charge < -0.3 is 0 Å². The van der Waals surface area contributed by atoms with Gasteiger partial charge in [0.15, 0.2) is 0 Å². The van der Waals surface area contributed by atoms with E-state index in [1.54, 1.807) is 23.5 Å². The Kier molecular flexibility index (Phi) is 7.43. The molecule has 0 unspecified atom stereocenters. The van der Waals surface area contributed by atoms with E-state index in [2.05, 4.69) is 61.5 Å².